The molecule has 0 amide bonds. The van der Waals surface area contributed by atoms with E-state index in [9.17, 15) is 0 Å². The van der Waals surface area contributed by atoms with E-state index in [1.54, 1.807) is 0 Å². The molecule has 0 radical (unpaired) electrons. The topological polar surface area (TPSA) is 38.6 Å². The van der Waals surface area contributed by atoms with Crippen LogP contribution in [-0.4, -0.2) is 11.6 Å². The predicted molar refractivity (Wildman–Crippen MR) is 47.4 cm³/mol. The summed E-state index contributed by atoms with van der Waals surface area (Å²) >= 11 is 0. The number of hydrogen-bond acceptors (Lipinski definition) is 3. The van der Waals surface area contributed by atoms with Crippen LogP contribution in [0.4, 0.5) is 0 Å². The Morgan fingerprint density at radius 1 is 1.46 bits per heavy atom. The molecule has 0 saturated carbocycles. The molecule has 66 valence electrons. The van der Waals surface area contributed by atoms with Gasteiger partial charge in [-0.05, 0) is 17.7 Å². The Hall–Kier alpha value is -1.35. The minimum Gasteiger partial charge on any atom is -0.441 e. The SMILES string of the molecule is Cc1nc2cc(C3CO3)ccc2o1. The Kier molecular flexibility index (Phi) is 1.27. The highest BCUT2D eigenvalue weighted by Gasteiger charge is 2.25. The van der Waals surface area contributed by atoms with E-state index in [1.807, 2.05) is 25.1 Å². The summed E-state index contributed by atoms with van der Waals surface area (Å²) < 4.78 is 10.6. The Morgan fingerprint density at radius 3 is 3.08 bits per heavy atom. The number of ether oxygens (including phenoxy) is 1. The molecular formula is C10H9NO2. The summed E-state index contributed by atoms with van der Waals surface area (Å²) in [6.45, 7) is 2.69. The summed E-state index contributed by atoms with van der Waals surface area (Å²) in [4.78, 5) is 4.26. The van der Waals surface area contributed by atoms with Crippen LogP contribution in [0.1, 0.15) is 17.6 Å². The van der Waals surface area contributed by atoms with E-state index in [-0.39, 0.29) is 0 Å². The third kappa shape index (κ3) is 1.12. The molecule has 1 aliphatic heterocycles. The molecule has 1 aromatic heterocycles. The molecule has 3 nitrogen and oxygen atoms in total. The standard InChI is InChI=1S/C10H9NO2/c1-6-11-8-4-7(10-5-12-10)2-3-9(8)13-6/h2-4,10H,5H2,1H3. The Balaban J connectivity index is 2.20. The Morgan fingerprint density at radius 2 is 2.31 bits per heavy atom. The average molecular weight is 175 g/mol. The summed E-state index contributed by atoms with van der Waals surface area (Å²) in [6.07, 6.45) is 0.293. The van der Waals surface area contributed by atoms with Crippen LogP contribution in [0.15, 0.2) is 22.6 Å². The Bertz CT molecular complexity index is 457. The van der Waals surface area contributed by atoms with Crippen LogP contribution in [0.5, 0.6) is 0 Å². The van der Waals surface area contributed by atoms with Gasteiger partial charge in [0.25, 0.3) is 0 Å². The van der Waals surface area contributed by atoms with Gasteiger partial charge in [0.2, 0.25) is 0 Å². The largest absolute Gasteiger partial charge is 0.441 e. The summed E-state index contributed by atoms with van der Waals surface area (Å²) in [7, 11) is 0. The molecule has 0 aliphatic carbocycles. The van der Waals surface area contributed by atoms with Crippen molar-refractivity contribution in [3.8, 4) is 0 Å². The first kappa shape index (κ1) is 7.09. The molecule has 0 N–H and O–H groups in total. The molecule has 13 heavy (non-hydrogen) atoms. The molecule has 1 aromatic carbocycles. The summed E-state index contributed by atoms with van der Waals surface area (Å²) in [5.41, 5.74) is 2.97. The second kappa shape index (κ2) is 2.33. The van der Waals surface area contributed by atoms with Crippen molar-refractivity contribution in [2.24, 2.45) is 0 Å². The van der Waals surface area contributed by atoms with Crippen molar-refractivity contribution < 1.29 is 9.15 Å². The average Bonchev–Trinajstić information content (AvgIpc) is 2.87. The van der Waals surface area contributed by atoms with Crippen molar-refractivity contribution in [2.75, 3.05) is 6.61 Å². The van der Waals surface area contributed by atoms with Crippen molar-refractivity contribution in [1.29, 1.82) is 0 Å². The second-order valence-electron chi connectivity index (χ2n) is 3.28. The van der Waals surface area contributed by atoms with Crippen LogP contribution in [0, 0.1) is 6.92 Å². The number of oxazole rings is 1. The molecule has 0 bridgehead atoms. The maximum atomic E-state index is 5.37. The first-order valence-electron chi connectivity index (χ1n) is 4.31. The van der Waals surface area contributed by atoms with E-state index < -0.39 is 0 Å². The zero-order valence-electron chi connectivity index (χ0n) is 7.28. The monoisotopic (exact) mass is 175 g/mol. The molecule has 1 fully saturated rings. The zero-order valence-corrected chi connectivity index (χ0v) is 7.28. The van der Waals surface area contributed by atoms with E-state index >= 15 is 0 Å². The third-order valence-corrected chi connectivity index (χ3v) is 2.22. The van der Waals surface area contributed by atoms with Crippen LogP contribution >= 0.6 is 0 Å². The summed E-state index contributed by atoms with van der Waals surface area (Å²) in [6, 6.07) is 6.01. The van der Waals surface area contributed by atoms with Crippen LogP contribution in [0.25, 0.3) is 11.1 Å². The number of aryl methyl sites for hydroxylation is 1. The summed E-state index contributed by atoms with van der Waals surface area (Å²) in [5.74, 6) is 0.712. The van der Waals surface area contributed by atoms with E-state index in [0.29, 0.717) is 12.0 Å². The molecule has 1 aliphatic rings. The number of hydrogen-bond donors (Lipinski definition) is 0. The van der Waals surface area contributed by atoms with Crippen molar-refractivity contribution in [2.45, 2.75) is 13.0 Å². The normalized spacial score (nSPS) is 20.8. The van der Waals surface area contributed by atoms with Gasteiger partial charge >= 0.3 is 0 Å². The van der Waals surface area contributed by atoms with Gasteiger partial charge in [0.05, 0.1) is 6.61 Å². The van der Waals surface area contributed by atoms with Gasteiger partial charge in [-0.3, -0.25) is 0 Å². The third-order valence-electron chi connectivity index (χ3n) is 2.22. The van der Waals surface area contributed by atoms with Gasteiger partial charge in [-0.2, -0.15) is 0 Å². The van der Waals surface area contributed by atoms with Gasteiger partial charge < -0.3 is 9.15 Å². The molecule has 1 saturated heterocycles. The molecule has 3 rings (SSSR count). The minimum atomic E-state index is 0.293. The predicted octanol–water partition coefficient (Wildman–Crippen LogP) is 2.21. The van der Waals surface area contributed by atoms with E-state index in [4.69, 9.17) is 9.15 Å². The van der Waals surface area contributed by atoms with Crippen LogP contribution in [0.3, 0.4) is 0 Å². The molecule has 0 spiro atoms. The molecular weight excluding hydrogens is 166 g/mol. The van der Waals surface area contributed by atoms with Gasteiger partial charge in [0.1, 0.15) is 11.6 Å². The molecule has 1 unspecified atom stereocenters. The van der Waals surface area contributed by atoms with Crippen molar-refractivity contribution in [3.05, 3.63) is 29.7 Å². The summed E-state index contributed by atoms with van der Waals surface area (Å²) in [5, 5.41) is 0. The fraction of sp³-hybridized carbons (Fsp3) is 0.300. The van der Waals surface area contributed by atoms with Crippen LogP contribution < -0.4 is 0 Å². The minimum absolute atomic E-state index is 0.293. The van der Waals surface area contributed by atoms with Crippen LogP contribution in [-0.2, 0) is 4.74 Å². The highest BCUT2D eigenvalue weighted by molar-refractivity contribution is 5.73. The first-order valence-corrected chi connectivity index (χ1v) is 4.31. The van der Waals surface area contributed by atoms with E-state index in [0.717, 1.165) is 17.7 Å². The van der Waals surface area contributed by atoms with Gasteiger partial charge in [0, 0.05) is 6.92 Å². The lowest BCUT2D eigenvalue weighted by molar-refractivity contribution is 0.416. The van der Waals surface area contributed by atoms with Crippen LogP contribution in [0.2, 0.25) is 0 Å². The first-order chi connectivity index (χ1) is 6.33. The second-order valence-corrected chi connectivity index (χ2v) is 3.28. The van der Waals surface area contributed by atoms with Crippen molar-refractivity contribution in [1.82, 2.24) is 4.98 Å². The maximum Gasteiger partial charge on any atom is 0.192 e. The number of rotatable bonds is 1. The lowest BCUT2D eigenvalue weighted by Crippen LogP contribution is -1.79. The highest BCUT2D eigenvalue weighted by atomic mass is 16.6. The maximum absolute atomic E-state index is 5.37. The number of nitrogens with zero attached hydrogens (tertiary/aromatic N) is 1. The lowest BCUT2D eigenvalue weighted by atomic mass is 10.1. The molecule has 2 aromatic rings. The smallest absolute Gasteiger partial charge is 0.192 e. The van der Waals surface area contributed by atoms with E-state index in [1.165, 1.54) is 5.56 Å². The fourth-order valence-electron chi connectivity index (χ4n) is 1.50. The van der Waals surface area contributed by atoms with Gasteiger partial charge in [-0.25, -0.2) is 4.98 Å². The van der Waals surface area contributed by atoms with Crippen molar-refractivity contribution >= 4 is 11.1 Å². The molecule has 2 heterocycles. The fourth-order valence-corrected chi connectivity index (χ4v) is 1.50. The molecule has 1 atom stereocenters. The Labute approximate surface area is 75.3 Å². The highest BCUT2D eigenvalue weighted by Crippen LogP contribution is 2.31. The van der Waals surface area contributed by atoms with Crippen molar-refractivity contribution in [3.63, 3.8) is 0 Å². The van der Waals surface area contributed by atoms with Gasteiger partial charge in [-0.1, -0.05) is 6.07 Å². The van der Waals surface area contributed by atoms with Gasteiger partial charge in [-0.15, -0.1) is 0 Å². The number of epoxide rings is 1. The zero-order chi connectivity index (χ0) is 8.84. The van der Waals surface area contributed by atoms with E-state index in [2.05, 4.69) is 4.98 Å². The lowest BCUT2D eigenvalue weighted by Gasteiger charge is -1.92. The molecule has 3 heteroatoms. The van der Waals surface area contributed by atoms with Gasteiger partial charge in [0.15, 0.2) is 11.5 Å². The number of aromatic nitrogens is 1. The number of fused-ring (bicyclic) bond motifs is 1. The number of benzene rings is 1. The quantitative estimate of drug-likeness (QED) is 0.623.